The van der Waals surface area contributed by atoms with Crippen molar-refractivity contribution in [1.82, 2.24) is 19.6 Å². The number of hydrogen-bond acceptors (Lipinski definition) is 3. The average molecular weight is 340 g/mol. The van der Waals surface area contributed by atoms with Crippen LogP contribution in [0.2, 0.25) is 0 Å². The van der Waals surface area contributed by atoms with Crippen LogP contribution in [0.4, 0.5) is 0 Å². The van der Waals surface area contributed by atoms with Crippen LogP contribution in [0, 0.1) is 17.8 Å². The van der Waals surface area contributed by atoms with Gasteiger partial charge in [-0.25, -0.2) is 9.50 Å². The Bertz CT molecular complexity index is 845. The second-order valence-electron chi connectivity index (χ2n) is 8.55. The second kappa shape index (κ2) is 5.96. The van der Waals surface area contributed by atoms with Gasteiger partial charge in [-0.15, -0.1) is 0 Å². The van der Waals surface area contributed by atoms with Crippen molar-refractivity contribution < 1.29 is 0 Å². The zero-order chi connectivity index (χ0) is 17.0. The van der Waals surface area contributed by atoms with Crippen LogP contribution in [0.5, 0.6) is 0 Å². The number of aromatic nitrogens is 4. The first kappa shape index (κ1) is 15.6. The molecular formula is C20H28N4O. The number of nitrogens with zero attached hydrogens (tertiary/aromatic N) is 3. The molecule has 5 rings (SSSR count). The molecule has 5 nitrogen and oxygen atoms in total. The van der Waals surface area contributed by atoms with Gasteiger partial charge < -0.3 is 4.98 Å². The van der Waals surface area contributed by atoms with Crippen molar-refractivity contribution in [3.05, 3.63) is 27.7 Å². The van der Waals surface area contributed by atoms with Crippen molar-refractivity contribution in [1.29, 1.82) is 0 Å². The molecule has 2 aromatic rings. The molecule has 3 aliphatic rings. The minimum absolute atomic E-state index is 0.000410. The standard InChI is InChI=1S/C20H28N4O/c1-2-16-18-20(25)22-19(13-5-3-4-6-13)23-24(18)17(21-16)11-15-10-12-7-8-14(15)9-12/h12-15H,2-11H2,1H3,(H,22,23,25). The summed E-state index contributed by atoms with van der Waals surface area (Å²) in [6.45, 7) is 2.08. The molecule has 3 aliphatic carbocycles. The van der Waals surface area contributed by atoms with E-state index >= 15 is 0 Å². The molecule has 2 heterocycles. The van der Waals surface area contributed by atoms with Gasteiger partial charge in [-0.1, -0.05) is 26.2 Å². The Labute approximate surface area is 148 Å². The fourth-order valence-corrected chi connectivity index (χ4v) is 5.77. The smallest absolute Gasteiger partial charge is 0.277 e. The van der Waals surface area contributed by atoms with Gasteiger partial charge in [0.2, 0.25) is 0 Å². The Hall–Kier alpha value is -1.65. The Balaban J connectivity index is 1.56. The summed E-state index contributed by atoms with van der Waals surface area (Å²) in [4.78, 5) is 20.7. The molecule has 3 atom stereocenters. The van der Waals surface area contributed by atoms with Crippen LogP contribution in [0.1, 0.15) is 81.6 Å². The number of H-pyrrole nitrogens is 1. The monoisotopic (exact) mass is 340 g/mol. The number of nitrogens with one attached hydrogen (secondary N) is 1. The maximum Gasteiger partial charge on any atom is 0.277 e. The number of rotatable bonds is 4. The summed E-state index contributed by atoms with van der Waals surface area (Å²) in [5.41, 5.74) is 1.59. The molecule has 134 valence electrons. The molecule has 0 saturated heterocycles. The normalized spacial score (nSPS) is 29.2. The lowest BCUT2D eigenvalue weighted by Gasteiger charge is -2.20. The Morgan fingerprint density at radius 3 is 2.68 bits per heavy atom. The quantitative estimate of drug-likeness (QED) is 0.924. The first-order valence-corrected chi connectivity index (χ1v) is 10.2. The van der Waals surface area contributed by atoms with Gasteiger partial charge in [0, 0.05) is 12.3 Å². The minimum atomic E-state index is 0.000410. The van der Waals surface area contributed by atoms with Crippen LogP contribution >= 0.6 is 0 Å². The van der Waals surface area contributed by atoms with Crippen LogP contribution in [-0.4, -0.2) is 19.6 Å². The van der Waals surface area contributed by atoms with Crippen LogP contribution in [0.15, 0.2) is 4.79 Å². The first-order valence-electron chi connectivity index (χ1n) is 10.2. The van der Waals surface area contributed by atoms with Crippen molar-refractivity contribution in [3.63, 3.8) is 0 Å². The fourth-order valence-electron chi connectivity index (χ4n) is 5.77. The zero-order valence-corrected chi connectivity index (χ0v) is 15.1. The lowest BCUT2D eigenvalue weighted by atomic mass is 9.86. The highest BCUT2D eigenvalue weighted by Crippen LogP contribution is 2.49. The molecule has 2 aromatic heterocycles. The summed E-state index contributed by atoms with van der Waals surface area (Å²) in [5, 5.41) is 4.89. The zero-order valence-electron chi connectivity index (χ0n) is 15.1. The summed E-state index contributed by atoms with van der Waals surface area (Å²) in [7, 11) is 0. The highest BCUT2D eigenvalue weighted by atomic mass is 16.1. The molecule has 5 heteroatoms. The third-order valence-electron chi connectivity index (χ3n) is 7.06. The maximum atomic E-state index is 12.8. The predicted molar refractivity (Wildman–Crippen MR) is 96.8 cm³/mol. The van der Waals surface area contributed by atoms with Gasteiger partial charge >= 0.3 is 0 Å². The van der Waals surface area contributed by atoms with Crippen LogP contribution in [0.3, 0.4) is 0 Å². The van der Waals surface area contributed by atoms with E-state index in [1.54, 1.807) is 0 Å². The van der Waals surface area contributed by atoms with Gasteiger partial charge in [0.25, 0.3) is 5.56 Å². The van der Waals surface area contributed by atoms with Crippen LogP contribution in [-0.2, 0) is 12.8 Å². The van der Waals surface area contributed by atoms with Gasteiger partial charge in [-0.3, -0.25) is 4.79 Å². The molecule has 2 bridgehead atoms. The molecule has 1 N–H and O–H groups in total. The van der Waals surface area contributed by atoms with E-state index in [1.165, 1.54) is 38.5 Å². The Morgan fingerprint density at radius 1 is 1.16 bits per heavy atom. The van der Waals surface area contributed by atoms with Crippen molar-refractivity contribution >= 4 is 5.52 Å². The molecule has 3 saturated carbocycles. The van der Waals surface area contributed by atoms with Crippen LogP contribution in [0.25, 0.3) is 5.52 Å². The molecule has 3 unspecified atom stereocenters. The van der Waals surface area contributed by atoms with Gasteiger partial charge in [0.15, 0.2) is 5.52 Å². The number of imidazole rings is 1. The van der Waals surface area contributed by atoms with E-state index in [2.05, 4.69) is 11.9 Å². The van der Waals surface area contributed by atoms with E-state index < -0.39 is 0 Å². The molecule has 0 radical (unpaired) electrons. The number of fused-ring (bicyclic) bond motifs is 3. The second-order valence-corrected chi connectivity index (χ2v) is 8.55. The van der Waals surface area contributed by atoms with Gasteiger partial charge in [0.05, 0.1) is 5.69 Å². The summed E-state index contributed by atoms with van der Waals surface area (Å²) < 4.78 is 1.91. The predicted octanol–water partition coefficient (Wildman–Crippen LogP) is 3.62. The molecule has 3 fully saturated rings. The Morgan fingerprint density at radius 2 is 2.00 bits per heavy atom. The van der Waals surface area contributed by atoms with E-state index in [9.17, 15) is 4.79 Å². The largest absolute Gasteiger partial charge is 0.307 e. The molecule has 0 amide bonds. The molecule has 0 aliphatic heterocycles. The lowest BCUT2D eigenvalue weighted by Crippen LogP contribution is -2.20. The SMILES string of the molecule is CCc1nc(CC2CC3CCC2C3)n2nc(C3CCCC3)[nH]c(=O)c12. The average Bonchev–Trinajstić information content (AvgIpc) is 3.39. The third kappa shape index (κ3) is 2.54. The summed E-state index contributed by atoms with van der Waals surface area (Å²) in [6.07, 6.45) is 12.1. The number of aromatic amines is 1. The van der Waals surface area contributed by atoms with E-state index in [4.69, 9.17) is 10.1 Å². The van der Waals surface area contributed by atoms with E-state index in [0.717, 1.165) is 60.8 Å². The van der Waals surface area contributed by atoms with E-state index in [0.29, 0.717) is 11.4 Å². The maximum absolute atomic E-state index is 12.8. The van der Waals surface area contributed by atoms with Crippen molar-refractivity contribution in [3.8, 4) is 0 Å². The van der Waals surface area contributed by atoms with Crippen molar-refractivity contribution in [2.45, 2.75) is 77.0 Å². The van der Waals surface area contributed by atoms with Gasteiger partial charge in [-0.2, -0.15) is 5.10 Å². The summed E-state index contributed by atoms with van der Waals surface area (Å²) >= 11 is 0. The molecule has 25 heavy (non-hydrogen) atoms. The summed E-state index contributed by atoms with van der Waals surface area (Å²) in [6, 6.07) is 0. The topological polar surface area (TPSA) is 63.1 Å². The van der Waals surface area contributed by atoms with E-state index in [-0.39, 0.29) is 5.56 Å². The fraction of sp³-hybridized carbons (Fsp3) is 0.750. The summed E-state index contributed by atoms with van der Waals surface area (Å²) in [5.74, 6) is 4.87. The lowest BCUT2D eigenvalue weighted by molar-refractivity contribution is 0.325. The molecule has 0 aromatic carbocycles. The highest BCUT2D eigenvalue weighted by molar-refractivity contribution is 5.50. The third-order valence-corrected chi connectivity index (χ3v) is 7.06. The van der Waals surface area contributed by atoms with E-state index in [1.807, 2.05) is 4.52 Å². The van der Waals surface area contributed by atoms with Crippen molar-refractivity contribution in [2.75, 3.05) is 0 Å². The van der Waals surface area contributed by atoms with Crippen molar-refractivity contribution in [2.24, 2.45) is 17.8 Å². The first-order chi connectivity index (χ1) is 12.2. The van der Waals surface area contributed by atoms with Gasteiger partial charge in [-0.05, 0) is 56.3 Å². The van der Waals surface area contributed by atoms with Crippen LogP contribution < -0.4 is 5.56 Å². The Kier molecular flexibility index (Phi) is 3.72. The minimum Gasteiger partial charge on any atom is -0.307 e. The number of hydrogen-bond donors (Lipinski definition) is 1. The number of aryl methyl sites for hydroxylation is 1. The molecule has 0 spiro atoms. The molecular weight excluding hydrogens is 312 g/mol. The van der Waals surface area contributed by atoms with Gasteiger partial charge in [0.1, 0.15) is 11.6 Å². The highest BCUT2D eigenvalue weighted by Gasteiger charge is 2.40.